The first-order chi connectivity index (χ1) is 42.2. The zero-order valence-electron chi connectivity index (χ0n) is 55.7. The van der Waals surface area contributed by atoms with Crippen molar-refractivity contribution < 1.29 is 8.63 Å². The Labute approximate surface area is 529 Å². The highest BCUT2D eigenvalue weighted by Crippen LogP contribution is 2.46. The van der Waals surface area contributed by atoms with Crippen molar-refractivity contribution >= 4 is 36.9 Å². The van der Waals surface area contributed by atoms with Gasteiger partial charge in [-0.25, -0.2) is 4.99 Å². The Kier molecular flexibility index (Phi) is 13.7. The number of benzene rings is 1. The molecule has 90 heavy (non-hydrogen) atoms. The Hall–Kier alpha value is -8.71. The number of nitrogens with one attached hydrogen (secondary N) is 8. The number of aliphatic imine (C=N–C) groups is 1. The SMILES string of the molecule is CC1=CC(/C=C/c2cc3[nH]c2C(C)(C)c2ccc([nH]2)C(C)(C)c2ccc([nH]2)C(C)(C)c2ccc([nH]2)C3(C)C)=NC/1=C(/c1ccccc1)c1c(C)cc(/C=C/c2cc3[nH]c2C(C)(C)c2ccc([nH]2)C(C)(C)c2ccc([nH]2)C(C)(C)c2ccc([nH]2)C3(C)C)n1B(F)F. The van der Waals surface area contributed by atoms with Gasteiger partial charge >= 0.3 is 7.40 Å². The molecule has 0 radical (unpaired) electrons. The molecule has 3 aliphatic rings. The molecule has 0 atom stereocenters. The first-order valence-corrected chi connectivity index (χ1v) is 31.8. The fraction of sp³-hybridized carbons (Fsp3) is 0.338. The van der Waals surface area contributed by atoms with Gasteiger partial charge < -0.3 is 44.3 Å². The van der Waals surface area contributed by atoms with Gasteiger partial charge in [0.05, 0.1) is 11.4 Å². The van der Waals surface area contributed by atoms with E-state index in [0.29, 0.717) is 28.2 Å². The molecule has 9 aromatic heterocycles. The summed E-state index contributed by atoms with van der Waals surface area (Å²) in [6, 6.07) is 42.8. The second kappa shape index (κ2) is 20.4. The molecule has 462 valence electrons. The topological polar surface area (TPSA) is 144 Å². The first kappa shape index (κ1) is 60.2. The van der Waals surface area contributed by atoms with Crippen molar-refractivity contribution in [1.29, 1.82) is 0 Å². The maximum Gasteiger partial charge on any atom is 0.678 e. The van der Waals surface area contributed by atoms with Crippen molar-refractivity contribution in [1.82, 2.24) is 44.3 Å². The number of aromatic nitrogens is 9. The largest absolute Gasteiger partial charge is 0.678 e. The molecule has 1 aromatic carbocycles. The van der Waals surface area contributed by atoms with Crippen molar-refractivity contribution in [3.05, 3.63) is 269 Å². The van der Waals surface area contributed by atoms with E-state index in [1.54, 1.807) is 0 Å². The fourth-order valence-corrected chi connectivity index (χ4v) is 14.4. The highest BCUT2D eigenvalue weighted by Gasteiger charge is 2.41. The number of halogens is 2. The van der Waals surface area contributed by atoms with Crippen LogP contribution in [0.5, 0.6) is 0 Å². The van der Waals surface area contributed by atoms with Crippen molar-refractivity contribution in [2.45, 2.75) is 168 Å². The molecule has 13 rings (SSSR count). The average molecular weight is 1200 g/mol. The van der Waals surface area contributed by atoms with Crippen LogP contribution in [0.25, 0.3) is 23.8 Å². The minimum atomic E-state index is -2.88. The molecule has 0 spiro atoms. The molecule has 13 heteroatoms. The Morgan fingerprint density at radius 1 is 0.389 bits per heavy atom. The van der Waals surface area contributed by atoms with E-state index in [9.17, 15) is 0 Å². The first-order valence-electron chi connectivity index (χ1n) is 31.8. The number of fused-ring (bicyclic) bond motifs is 16. The van der Waals surface area contributed by atoms with Gasteiger partial charge in [0.2, 0.25) is 0 Å². The van der Waals surface area contributed by atoms with Crippen LogP contribution in [0.4, 0.5) is 8.63 Å². The Balaban J connectivity index is 0.906. The van der Waals surface area contributed by atoms with Gasteiger partial charge in [-0.2, -0.15) is 0 Å². The summed E-state index contributed by atoms with van der Waals surface area (Å²) in [6.07, 6.45) is 10.2. The second-order valence-corrected chi connectivity index (χ2v) is 30.1. The molecule has 0 aliphatic carbocycles. The highest BCUT2D eigenvalue weighted by molar-refractivity contribution is 6.42. The lowest BCUT2D eigenvalue weighted by Gasteiger charge is -2.28. The van der Waals surface area contributed by atoms with E-state index in [4.69, 9.17) is 4.99 Å². The summed E-state index contributed by atoms with van der Waals surface area (Å²) < 4.78 is 34.0. The molecule has 10 aromatic rings. The Morgan fingerprint density at radius 2 is 0.711 bits per heavy atom. The van der Waals surface area contributed by atoms with Crippen LogP contribution in [0.15, 0.2) is 150 Å². The molecule has 0 amide bonds. The summed E-state index contributed by atoms with van der Waals surface area (Å²) in [4.78, 5) is 36.4. The lowest BCUT2D eigenvalue weighted by atomic mass is 9.83. The smallest absolute Gasteiger partial charge is 0.361 e. The lowest BCUT2D eigenvalue weighted by Crippen LogP contribution is -2.26. The van der Waals surface area contributed by atoms with E-state index in [-0.39, 0.29) is 21.7 Å². The van der Waals surface area contributed by atoms with Crippen molar-refractivity contribution in [3.8, 4) is 0 Å². The summed E-state index contributed by atoms with van der Waals surface area (Å²) in [5.41, 5.74) is 21.2. The van der Waals surface area contributed by atoms with Crippen LogP contribution < -0.4 is 0 Å². The zero-order valence-corrected chi connectivity index (χ0v) is 55.7. The molecule has 8 N–H and O–H groups in total. The van der Waals surface area contributed by atoms with Crippen molar-refractivity contribution in [2.24, 2.45) is 4.99 Å². The van der Waals surface area contributed by atoms with Gasteiger partial charge in [0.1, 0.15) is 0 Å². The van der Waals surface area contributed by atoms with E-state index in [1.165, 1.54) is 4.48 Å². The van der Waals surface area contributed by atoms with Crippen LogP contribution in [-0.2, 0) is 43.3 Å². The van der Waals surface area contributed by atoms with E-state index >= 15 is 8.63 Å². The summed E-state index contributed by atoms with van der Waals surface area (Å²) in [5, 5.41) is 0. The van der Waals surface area contributed by atoms with Gasteiger partial charge in [-0.05, 0) is 262 Å². The van der Waals surface area contributed by atoms with Gasteiger partial charge in [-0.1, -0.05) is 42.5 Å². The van der Waals surface area contributed by atoms with Crippen LogP contribution in [0.3, 0.4) is 0 Å². The van der Waals surface area contributed by atoms with Gasteiger partial charge in [0.25, 0.3) is 0 Å². The third kappa shape index (κ3) is 9.41. The lowest BCUT2D eigenvalue weighted by molar-refractivity contribution is 0.545. The zero-order chi connectivity index (χ0) is 64.2. The number of aromatic amines is 8. The summed E-state index contributed by atoms with van der Waals surface area (Å²) in [6.45, 7) is 40.0. The minimum Gasteiger partial charge on any atom is -0.361 e. The second-order valence-electron chi connectivity index (χ2n) is 30.1. The average Bonchev–Trinajstić information content (AvgIpc) is 1.61. The monoisotopic (exact) mass is 1200 g/mol. The molecule has 10 nitrogen and oxygen atoms in total. The molecular formula is C77H87BF2N10. The minimum absolute atomic E-state index is 0.314. The maximum atomic E-state index is 16.4. The molecule has 3 aliphatic heterocycles. The summed E-state index contributed by atoms with van der Waals surface area (Å²) in [5.74, 6) is 0. The van der Waals surface area contributed by atoms with E-state index in [1.807, 2.05) is 62.4 Å². The van der Waals surface area contributed by atoms with Gasteiger partial charge in [0.15, 0.2) is 0 Å². The summed E-state index contributed by atoms with van der Waals surface area (Å²) >= 11 is 0. The predicted molar refractivity (Wildman–Crippen MR) is 368 cm³/mol. The van der Waals surface area contributed by atoms with Crippen LogP contribution in [0.2, 0.25) is 0 Å². The number of rotatable bonds is 7. The number of hydrogen-bond acceptors (Lipinski definition) is 1. The quantitative estimate of drug-likeness (QED) is 0.0720. The predicted octanol–water partition coefficient (Wildman–Crippen LogP) is 18.5. The van der Waals surface area contributed by atoms with E-state index in [0.717, 1.165) is 119 Å². The maximum absolute atomic E-state index is 16.4. The van der Waals surface area contributed by atoms with Crippen LogP contribution >= 0.6 is 0 Å². The Morgan fingerprint density at radius 3 is 1.06 bits per heavy atom. The van der Waals surface area contributed by atoms with Crippen molar-refractivity contribution in [2.75, 3.05) is 0 Å². The molecule has 0 saturated heterocycles. The number of H-pyrrole nitrogens is 8. The molecule has 0 saturated carbocycles. The molecule has 0 fully saturated rings. The van der Waals surface area contributed by atoms with Gasteiger partial charge in [-0.3, -0.25) is 8.63 Å². The molecule has 16 bridgehead atoms. The standard InChI is InChI=1S/C77H87BF2N10/c1-44-40-49(26-24-47-42-63-74(11,12)59-34-32-55(84-59)70(3,4)51-28-30-53(82-51)72(7,8)57-36-38-61(86-57)76(15,16)68(47)88-63)81-66(44)65(46-22-20-19-21-23-46)67-45(2)41-50(90(67)78(79)80)27-25-48-43-64-75(13,14)60-35-33-56(85-60)71(5,6)52-29-31-54(83-52)73(9,10)58-37-39-62(87-58)77(17,18)69(48)89-64/h19-43,82-89H,1-18H3/b26-24+,27-25+,66-65-. The van der Waals surface area contributed by atoms with Crippen LogP contribution in [0.1, 0.15) is 242 Å². The number of aryl methyl sites for hydroxylation is 1. The van der Waals surface area contributed by atoms with Crippen LogP contribution in [0, 0.1) is 6.92 Å². The number of hydrogen-bond donors (Lipinski definition) is 8. The highest BCUT2D eigenvalue weighted by atomic mass is 19.2. The normalized spacial score (nSPS) is 19.6. The third-order valence-electron chi connectivity index (χ3n) is 21.3. The fourth-order valence-electron chi connectivity index (χ4n) is 14.4. The summed E-state index contributed by atoms with van der Waals surface area (Å²) in [7, 11) is -2.88. The molecule has 12 heterocycles. The number of nitrogens with zero attached hydrogens (tertiary/aromatic N) is 2. The third-order valence-corrected chi connectivity index (χ3v) is 21.3. The van der Waals surface area contributed by atoms with Crippen molar-refractivity contribution in [3.63, 3.8) is 0 Å². The van der Waals surface area contributed by atoms with E-state index < -0.39 is 29.1 Å². The molecule has 0 unspecified atom stereocenters. The number of allylic oxidation sites excluding steroid dienone is 3. The van der Waals surface area contributed by atoms with E-state index in [2.05, 4.69) is 254 Å². The van der Waals surface area contributed by atoms with Gasteiger partial charge in [0, 0.05) is 151 Å². The molecular weight excluding hydrogens is 1110 g/mol. The van der Waals surface area contributed by atoms with Crippen LogP contribution in [-0.4, -0.2) is 57.5 Å². The Bertz CT molecular complexity index is 4600. The van der Waals surface area contributed by atoms with Gasteiger partial charge in [-0.15, -0.1) is 0 Å².